The lowest BCUT2D eigenvalue weighted by Crippen LogP contribution is -2.28. The fourth-order valence-electron chi connectivity index (χ4n) is 2.28. The van der Waals surface area contributed by atoms with Gasteiger partial charge in [-0.1, -0.05) is 25.5 Å². The number of anilines is 2. The average molecular weight is 312 g/mol. The summed E-state index contributed by atoms with van der Waals surface area (Å²) in [5.74, 6) is 0.374. The Morgan fingerprint density at radius 1 is 1.22 bits per heavy atom. The third-order valence-electron chi connectivity index (χ3n) is 3.54. The van der Waals surface area contributed by atoms with Gasteiger partial charge >= 0.3 is 0 Å². The van der Waals surface area contributed by atoms with Crippen LogP contribution in [0.25, 0.3) is 0 Å². The summed E-state index contributed by atoms with van der Waals surface area (Å²) < 4.78 is 0. The van der Waals surface area contributed by atoms with Crippen LogP contribution in [-0.4, -0.2) is 34.4 Å². The number of aromatic nitrogens is 2. The van der Waals surface area contributed by atoms with Crippen molar-refractivity contribution in [3.05, 3.63) is 47.3 Å². The van der Waals surface area contributed by atoms with Gasteiger partial charge in [-0.05, 0) is 44.0 Å². The summed E-state index contributed by atoms with van der Waals surface area (Å²) in [4.78, 5) is 22.9. The van der Waals surface area contributed by atoms with Crippen LogP contribution < -0.4 is 5.32 Å². The van der Waals surface area contributed by atoms with Gasteiger partial charge in [-0.25, -0.2) is 9.97 Å². The Morgan fingerprint density at radius 3 is 2.70 bits per heavy atom. The van der Waals surface area contributed by atoms with Gasteiger partial charge in [-0.3, -0.25) is 4.79 Å². The summed E-state index contributed by atoms with van der Waals surface area (Å²) in [5, 5.41) is 3.17. The van der Waals surface area contributed by atoms with E-state index in [1.165, 1.54) is 0 Å². The molecule has 5 heteroatoms. The highest BCUT2D eigenvalue weighted by Crippen LogP contribution is 2.16. The van der Waals surface area contributed by atoms with Crippen LogP contribution in [0.2, 0.25) is 0 Å². The summed E-state index contributed by atoms with van der Waals surface area (Å²) in [6.07, 6.45) is 2.04. The second kappa shape index (κ2) is 7.72. The average Bonchev–Trinajstić information content (AvgIpc) is 2.51. The number of benzene rings is 1. The van der Waals surface area contributed by atoms with Crippen molar-refractivity contribution in [2.45, 2.75) is 33.6 Å². The normalized spacial score (nSPS) is 10.4. The standard InChI is InChI=1S/C18H24N4O/c1-5-6-10-22(4)17(23)16-12-14(3)19-18(21-16)20-15-9-7-8-13(2)11-15/h7-9,11-12H,5-6,10H2,1-4H3,(H,19,20,21). The number of nitrogens with zero attached hydrogens (tertiary/aromatic N) is 3. The third-order valence-corrected chi connectivity index (χ3v) is 3.54. The quantitative estimate of drug-likeness (QED) is 0.883. The predicted octanol–water partition coefficient (Wildman–Crippen LogP) is 3.71. The number of unbranched alkanes of at least 4 members (excludes halogenated alkanes) is 1. The first-order valence-electron chi connectivity index (χ1n) is 7.94. The maximum Gasteiger partial charge on any atom is 0.272 e. The van der Waals surface area contributed by atoms with Crippen molar-refractivity contribution in [1.29, 1.82) is 0 Å². The molecule has 0 aliphatic rings. The number of hydrogen-bond donors (Lipinski definition) is 1. The van der Waals surface area contributed by atoms with Crippen LogP contribution in [0.15, 0.2) is 30.3 Å². The van der Waals surface area contributed by atoms with E-state index >= 15 is 0 Å². The summed E-state index contributed by atoms with van der Waals surface area (Å²) in [7, 11) is 1.81. The number of aryl methyl sites for hydroxylation is 2. The van der Waals surface area contributed by atoms with Gasteiger partial charge in [0, 0.05) is 25.0 Å². The molecule has 23 heavy (non-hydrogen) atoms. The lowest BCUT2D eigenvalue weighted by Gasteiger charge is -2.17. The van der Waals surface area contributed by atoms with E-state index < -0.39 is 0 Å². The Morgan fingerprint density at radius 2 is 2.00 bits per heavy atom. The molecule has 2 rings (SSSR count). The molecule has 0 fully saturated rings. The maximum absolute atomic E-state index is 12.5. The molecule has 5 nitrogen and oxygen atoms in total. The first-order chi connectivity index (χ1) is 11.0. The molecule has 0 aliphatic heterocycles. The van der Waals surface area contributed by atoms with Crippen LogP contribution in [0.5, 0.6) is 0 Å². The number of rotatable bonds is 6. The van der Waals surface area contributed by atoms with Gasteiger partial charge in [-0.2, -0.15) is 0 Å². The summed E-state index contributed by atoms with van der Waals surface area (Å²) in [6, 6.07) is 9.69. The zero-order valence-electron chi connectivity index (χ0n) is 14.3. The van der Waals surface area contributed by atoms with E-state index in [-0.39, 0.29) is 5.91 Å². The molecule has 0 unspecified atom stereocenters. The molecule has 1 aromatic heterocycles. The summed E-state index contributed by atoms with van der Waals surface area (Å²) in [6.45, 7) is 6.74. The molecule has 0 bridgehead atoms. The molecule has 1 N–H and O–H groups in total. The highest BCUT2D eigenvalue weighted by Gasteiger charge is 2.15. The van der Waals surface area contributed by atoms with Crippen LogP contribution in [0.3, 0.4) is 0 Å². The van der Waals surface area contributed by atoms with Crippen LogP contribution in [-0.2, 0) is 0 Å². The Labute approximate surface area is 137 Å². The third kappa shape index (κ3) is 4.77. The molecule has 1 aromatic carbocycles. The molecule has 0 saturated heterocycles. The smallest absolute Gasteiger partial charge is 0.272 e. The molecule has 0 spiro atoms. The van der Waals surface area contributed by atoms with Crippen molar-refractivity contribution in [3.63, 3.8) is 0 Å². The molecular weight excluding hydrogens is 288 g/mol. The summed E-state index contributed by atoms with van der Waals surface area (Å²) in [5.41, 5.74) is 3.25. The van der Waals surface area contributed by atoms with Crippen molar-refractivity contribution >= 4 is 17.5 Å². The number of amides is 1. The van der Waals surface area contributed by atoms with E-state index in [9.17, 15) is 4.79 Å². The van der Waals surface area contributed by atoms with E-state index in [2.05, 4.69) is 22.2 Å². The zero-order chi connectivity index (χ0) is 16.8. The fourth-order valence-corrected chi connectivity index (χ4v) is 2.28. The minimum atomic E-state index is -0.0729. The monoisotopic (exact) mass is 312 g/mol. The summed E-state index contributed by atoms with van der Waals surface area (Å²) >= 11 is 0. The molecule has 0 atom stereocenters. The number of hydrogen-bond acceptors (Lipinski definition) is 4. The molecular formula is C18H24N4O. The van der Waals surface area contributed by atoms with Gasteiger partial charge < -0.3 is 10.2 Å². The Hall–Kier alpha value is -2.43. The second-order valence-corrected chi connectivity index (χ2v) is 5.79. The topological polar surface area (TPSA) is 58.1 Å². The fraction of sp³-hybridized carbons (Fsp3) is 0.389. The Bertz CT molecular complexity index is 684. The largest absolute Gasteiger partial charge is 0.340 e. The predicted molar refractivity (Wildman–Crippen MR) is 93.1 cm³/mol. The number of carbonyl (C=O) groups excluding carboxylic acids is 1. The van der Waals surface area contributed by atoms with Crippen molar-refractivity contribution in [3.8, 4) is 0 Å². The first-order valence-corrected chi connectivity index (χ1v) is 7.94. The highest BCUT2D eigenvalue weighted by molar-refractivity contribution is 5.92. The van der Waals surface area contributed by atoms with E-state index in [4.69, 9.17) is 0 Å². The SMILES string of the molecule is CCCCN(C)C(=O)c1cc(C)nc(Nc2cccc(C)c2)n1. The molecule has 0 radical (unpaired) electrons. The highest BCUT2D eigenvalue weighted by atomic mass is 16.2. The van der Waals surface area contributed by atoms with Gasteiger partial charge in [-0.15, -0.1) is 0 Å². The van der Waals surface area contributed by atoms with E-state index in [0.29, 0.717) is 11.6 Å². The van der Waals surface area contributed by atoms with Crippen molar-refractivity contribution in [1.82, 2.24) is 14.9 Å². The maximum atomic E-state index is 12.5. The Kier molecular flexibility index (Phi) is 5.68. The lowest BCUT2D eigenvalue weighted by atomic mass is 10.2. The van der Waals surface area contributed by atoms with Gasteiger partial charge in [0.25, 0.3) is 5.91 Å². The molecule has 2 aromatic rings. The van der Waals surface area contributed by atoms with Crippen LogP contribution in [0.1, 0.15) is 41.5 Å². The second-order valence-electron chi connectivity index (χ2n) is 5.79. The van der Waals surface area contributed by atoms with Gasteiger partial charge in [0.1, 0.15) is 5.69 Å². The molecule has 122 valence electrons. The van der Waals surface area contributed by atoms with Crippen LogP contribution in [0.4, 0.5) is 11.6 Å². The minimum absolute atomic E-state index is 0.0729. The first kappa shape index (κ1) is 16.9. The molecule has 0 aliphatic carbocycles. The van der Waals surface area contributed by atoms with Gasteiger partial charge in [0.15, 0.2) is 0 Å². The van der Waals surface area contributed by atoms with Crippen LogP contribution >= 0.6 is 0 Å². The van der Waals surface area contributed by atoms with Crippen molar-refractivity contribution in [2.75, 3.05) is 18.9 Å². The van der Waals surface area contributed by atoms with Gasteiger partial charge in [0.05, 0.1) is 0 Å². The van der Waals surface area contributed by atoms with E-state index in [1.807, 2.05) is 45.2 Å². The van der Waals surface area contributed by atoms with E-state index in [1.54, 1.807) is 11.0 Å². The molecule has 1 heterocycles. The van der Waals surface area contributed by atoms with Gasteiger partial charge in [0.2, 0.25) is 5.95 Å². The lowest BCUT2D eigenvalue weighted by molar-refractivity contribution is 0.0787. The van der Waals surface area contributed by atoms with Crippen molar-refractivity contribution < 1.29 is 4.79 Å². The number of carbonyl (C=O) groups is 1. The van der Waals surface area contributed by atoms with Crippen LogP contribution in [0, 0.1) is 13.8 Å². The molecule has 1 amide bonds. The minimum Gasteiger partial charge on any atom is -0.340 e. The zero-order valence-corrected chi connectivity index (χ0v) is 14.3. The number of nitrogens with one attached hydrogen (secondary N) is 1. The van der Waals surface area contributed by atoms with E-state index in [0.717, 1.165) is 36.3 Å². The Balaban J connectivity index is 2.20. The molecule has 0 saturated carbocycles. The van der Waals surface area contributed by atoms with Crippen molar-refractivity contribution in [2.24, 2.45) is 0 Å².